The van der Waals surface area contributed by atoms with Crippen molar-refractivity contribution >= 4 is 27.5 Å². The Morgan fingerprint density at radius 2 is 1.76 bits per heavy atom. The number of likely N-dealkylation sites (tertiary alicyclic amines) is 2. The first kappa shape index (κ1) is 20.5. The maximum absolute atomic E-state index is 12.9. The lowest BCUT2D eigenvalue weighted by Crippen LogP contribution is -2.43. The molecule has 7 heteroatoms. The smallest absolute Gasteiger partial charge is 0.259 e. The van der Waals surface area contributed by atoms with Gasteiger partial charge in [-0.05, 0) is 65.1 Å². The zero-order valence-electron chi connectivity index (χ0n) is 17.8. The Bertz CT molecular complexity index is 934. The Morgan fingerprint density at radius 3 is 2.41 bits per heavy atom. The minimum absolute atomic E-state index is 0.0371. The largest absolute Gasteiger partial charge is 0.342 e. The highest BCUT2D eigenvalue weighted by Gasteiger charge is 2.31. The molecule has 2 aromatic rings. The van der Waals surface area contributed by atoms with E-state index in [1.54, 1.807) is 11.3 Å². The summed E-state index contributed by atoms with van der Waals surface area (Å²) in [5, 5.41) is 0.727. The number of nitrogens with zero attached hydrogens (tertiary/aromatic N) is 3. The SMILES string of the molecule is Cc1sc2nc(C(C)N3CCC(C(=O)N4CCCCCC4)CC3)[nH]c(=O)c2c1C. The molecule has 4 heterocycles. The number of carbonyl (C=O) groups excluding carboxylic acids is 1. The second-order valence-electron chi connectivity index (χ2n) is 8.64. The summed E-state index contributed by atoms with van der Waals surface area (Å²) in [6, 6.07) is 0.0454. The van der Waals surface area contributed by atoms with Gasteiger partial charge in [0, 0.05) is 23.9 Å². The number of hydrogen-bond acceptors (Lipinski definition) is 5. The number of carbonyl (C=O) groups is 1. The molecule has 4 rings (SSSR count). The van der Waals surface area contributed by atoms with E-state index < -0.39 is 0 Å². The van der Waals surface area contributed by atoms with Crippen LogP contribution in [0.15, 0.2) is 4.79 Å². The Morgan fingerprint density at radius 1 is 1.10 bits per heavy atom. The minimum atomic E-state index is -0.0371. The van der Waals surface area contributed by atoms with Gasteiger partial charge in [-0.2, -0.15) is 0 Å². The molecule has 2 aliphatic heterocycles. The average Bonchev–Trinajstić information content (AvgIpc) is 2.91. The fourth-order valence-corrected chi connectivity index (χ4v) is 5.76. The van der Waals surface area contributed by atoms with Crippen molar-refractivity contribution in [1.29, 1.82) is 0 Å². The molecule has 0 aliphatic carbocycles. The van der Waals surface area contributed by atoms with Crippen LogP contribution >= 0.6 is 11.3 Å². The summed E-state index contributed by atoms with van der Waals surface area (Å²) in [7, 11) is 0. The van der Waals surface area contributed by atoms with E-state index in [0.717, 1.165) is 78.3 Å². The van der Waals surface area contributed by atoms with Gasteiger partial charge in [0.05, 0.1) is 11.4 Å². The molecule has 0 aromatic carbocycles. The highest BCUT2D eigenvalue weighted by Crippen LogP contribution is 2.29. The number of thiophene rings is 1. The molecule has 0 bridgehead atoms. The highest BCUT2D eigenvalue weighted by molar-refractivity contribution is 7.18. The van der Waals surface area contributed by atoms with Crippen LogP contribution in [0.5, 0.6) is 0 Å². The molecular weight excluding hydrogens is 384 g/mol. The van der Waals surface area contributed by atoms with Gasteiger partial charge in [0.2, 0.25) is 5.91 Å². The van der Waals surface area contributed by atoms with Crippen molar-refractivity contribution in [1.82, 2.24) is 19.8 Å². The third kappa shape index (κ3) is 4.12. The number of fused-ring (bicyclic) bond motifs is 1. The fourth-order valence-electron chi connectivity index (χ4n) is 4.73. The lowest BCUT2D eigenvalue weighted by molar-refractivity contribution is -0.137. The Kier molecular flexibility index (Phi) is 6.06. The lowest BCUT2D eigenvalue weighted by atomic mass is 9.94. The molecule has 2 aromatic heterocycles. The van der Waals surface area contributed by atoms with Gasteiger partial charge in [0.25, 0.3) is 5.56 Å². The molecule has 1 amide bonds. The number of aryl methyl sites for hydroxylation is 2. The summed E-state index contributed by atoms with van der Waals surface area (Å²) >= 11 is 1.59. The topological polar surface area (TPSA) is 69.3 Å². The Balaban J connectivity index is 1.42. The van der Waals surface area contributed by atoms with Crippen molar-refractivity contribution in [3.63, 3.8) is 0 Å². The first-order valence-corrected chi connectivity index (χ1v) is 11.8. The van der Waals surface area contributed by atoms with Gasteiger partial charge in [0.15, 0.2) is 0 Å². The number of piperidine rings is 1. The number of hydrogen-bond donors (Lipinski definition) is 1. The van der Waals surface area contributed by atoms with Gasteiger partial charge in [0.1, 0.15) is 10.7 Å². The molecule has 0 saturated carbocycles. The van der Waals surface area contributed by atoms with Crippen LogP contribution in [0.3, 0.4) is 0 Å². The molecule has 1 unspecified atom stereocenters. The quantitative estimate of drug-likeness (QED) is 0.827. The predicted octanol–water partition coefficient (Wildman–Crippen LogP) is 3.78. The molecule has 2 saturated heterocycles. The second-order valence-corrected chi connectivity index (χ2v) is 9.84. The third-order valence-corrected chi connectivity index (χ3v) is 7.90. The number of nitrogens with one attached hydrogen (secondary N) is 1. The first-order valence-electron chi connectivity index (χ1n) is 11.0. The zero-order valence-corrected chi connectivity index (χ0v) is 18.6. The van der Waals surface area contributed by atoms with Gasteiger partial charge in [-0.25, -0.2) is 4.98 Å². The van der Waals surface area contributed by atoms with E-state index in [-0.39, 0.29) is 17.5 Å². The molecule has 2 fully saturated rings. The monoisotopic (exact) mass is 416 g/mol. The van der Waals surface area contributed by atoms with Crippen LogP contribution in [0.2, 0.25) is 0 Å². The molecule has 29 heavy (non-hydrogen) atoms. The Labute approximate surface area is 176 Å². The zero-order chi connectivity index (χ0) is 20.5. The van der Waals surface area contributed by atoms with Crippen LogP contribution in [0.1, 0.15) is 67.8 Å². The van der Waals surface area contributed by atoms with E-state index >= 15 is 0 Å². The number of aromatic nitrogens is 2. The third-order valence-electron chi connectivity index (χ3n) is 6.80. The molecule has 0 spiro atoms. The van der Waals surface area contributed by atoms with Crippen LogP contribution in [0.25, 0.3) is 10.2 Å². The van der Waals surface area contributed by atoms with Crippen molar-refractivity contribution in [3.05, 3.63) is 26.6 Å². The highest BCUT2D eigenvalue weighted by atomic mass is 32.1. The van der Waals surface area contributed by atoms with Crippen LogP contribution in [-0.2, 0) is 4.79 Å². The molecule has 1 N–H and O–H groups in total. The number of H-pyrrole nitrogens is 1. The van der Waals surface area contributed by atoms with Crippen molar-refractivity contribution in [2.45, 2.75) is 65.3 Å². The van der Waals surface area contributed by atoms with Crippen LogP contribution < -0.4 is 5.56 Å². The van der Waals surface area contributed by atoms with Gasteiger partial charge < -0.3 is 9.88 Å². The maximum atomic E-state index is 12.9. The van der Waals surface area contributed by atoms with Gasteiger partial charge in [-0.15, -0.1) is 11.3 Å². The molecule has 1 atom stereocenters. The number of amides is 1. The molecule has 6 nitrogen and oxygen atoms in total. The van der Waals surface area contributed by atoms with E-state index in [2.05, 4.69) is 21.7 Å². The van der Waals surface area contributed by atoms with Crippen LogP contribution in [0.4, 0.5) is 0 Å². The second kappa shape index (κ2) is 8.56. The molecular formula is C22H32N4O2S. The molecule has 0 radical (unpaired) electrons. The number of aromatic amines is 1. The van der Waals surface area contributed by atoms with Crippen LogP contribution in [0, 0.1) is 19.8 Å². The van der Waals surface area contributed by atoms with Crippen molar-refractivity contribution in [2.24, 2.45) is 5.92 Å². The van der Waals surface area contributed by atoms with Gasteiger partial charge in [-0.3, -0.25) is 14.5 Å². The van der Waals surface area contributed by atoms with Crippen molar-refractivity contribution in [2.75, 3.05) is 26.2 Å². The first-order chi connectivity index (χ1) is 14.0. The maximum Gasteiger partial charge on any atom is 0.259 e. The van der Waals surface area contributed by atoms with Crippen molar-refractivity contribution in [3.8, 4) is 0 Å². The molecule has 2 aliphatic rings. The lowest BCUT2D eigenvalue weighted by Gasteiger charge is -2.36. The Hall–Kier alpha value is -1.73. The summed E-state index contributed by atoms with van der Waals surface area (Å²) in [6.07, 6.45) is 6.57. The van der Waals surface area contributed by atoms with E-state index in [0.29, 0.717) is 5.91 Å². The van der Waals surface area contributed by atoms with E-state index in [9.17, 15) is 9.59 Å². The van der Waals surface area contributed by atoms with E-state index in [4.69, 9.17) is 4.98 Å². The standard InChI is InChI=1S/C22H32N4O2S/c1-14-16(3)29-21-18(14)20(27)23-19(24-21)15(2)25-12-8-17(9-13-25)22(28)26-10-6-4-5-7-11-26/h15,17H,4-13H2,1-3H3,(H,23,24,27). The summed E-state index contributed by atoms with van der Waals surface area (Å²) in [5.74, 6) is 1.24. The minimum Gasteiger partial charge on any atom is -0.342 e. The van der Waals surface area contributed by atoms with Crippen LogP contribution in [-0.4, -0.2) is 51.9 Å². The normalized spacial score (nSPS) is 20.7. The average molecular weight is 417 g/mol. The summed E-state index contributed by atoms with van der Waals surface area (Å²) < 4.78 is 0. The molecule has 158 valence electrons. The fraction of sp³-hybridized carbons (Fsp3) is 0.682. The van der Waals surface area contributed by atoms with Gasteiger partial charge >= 0.3 is 0 Å². The predicted molar refractivity (Wildman–Crippen MR) is 117 cm³/mol. The van der Waals surface area contributed by atoms with E-state index in [1.165, 1.54) is 12.8 Å². The number of rotatable bonds is 3. The van der Waals surface area contributed by atoms with Crippen molar-refractivity contribution < 1.29 is 4.79 Å². The summed E-state index contributed by atoms with van der Waals surface area (Å²) in [5.41, 5.74) is 0.996. The summed E-state index contributed by atoms with van der Waals surface area (Å²) in [4.78, 5) is 39.8. The van der Waals surface area contributed by atoms with Gasteiger partial charge in [-0.1, -0.05) is 12.8 Å². The summed E-state index contributed by atoms with van der Waals surface area (Å²) in [6.45, 7) is 9.73. The van der Waals surface area contributed by atoms with E-state index in [1.807, 2.05) is 13.8 Å².